The van der Waals surface area contributed by atoms with Crippen LogP contribution in [-0.2, 0) is 9.59 Å². The van der Waals surface area contributed by atoms with Gasteiger partial charge in [-0.25, -0.2) is 0 Å². The van der Waals surface area contributed by atoms with Crippen molar-refractivity contribution >= 4 is 23.6 Å². The number of amides is 2. The van der Waals surface area contributed by atoms with Crippen LogP contribution in [0.3, 0.4) is 0 Å². The number of carbonyl (C=O) groups excluding carboxylic acids is 2. The van der Waals surface area contributed by atoms with E-state index in [2.05, 4.69) is 10.3 Å². The molecule has 0 saturated carbocycles. The van der Waals surface area contributed by atoms with Crippen LogP contribution in [0.1, 0.15) is 5.56 Å². The summed E-state index contributed by atoms with van der Waals surface area (Å²) >= 11 is 0. The largest absolute Gasteiger partial charge is 0.497 e. The van der Waals surface area contributed by atoms with Crippen molar-refractivity contribution < 1.29 is 14.3 Å². The first kappa shape index (κ1) is 17.2. The maximum atomic E-state index is 12.0. The number of benzene rings is 1. The third-order valence-corrected chi connectivity index (χ3v) is 3.26. The molecule has 0 atom stereocenters. The number of aromatic nitrogens is 1. The molecule has 0 fully saturated rings. The summed E-state index contributed by atoms with van der Waals surface area (Å²) in [5.41, 5.74) is 1.52. The number of likely N-dealkylation sites (N-methyl/N-ethyl adjacent to an activating group) is 1. The van der Waals surface area contributed by atoms with E-state index in [4.69, 9.17) is 4.74 Å². The minimum absolute atomic E-state index is 0.0362. The Morgan fingerprint density at radius 1 is 1.17 bits per heavy atom. The van der Waals surface area contributed by atoms with Gasteiger partial charge in [0.1, 0.15) is 5.75 Å². The van der Waals surface area contributed by atoms with Crippen LogP contribution in [0.25, 0.3) is 6.08 Å². The van der Waals surface area contributed by atoms with Gasteiger partial charge in [0.15, 0.2) is 0 Å². The zero-order valence-electron chi connectivity index (χ0n) is 13.6. The zero-order valence-corrected chi connectivity index (χ0v) is 13.6. The van der Waals surface area contributed by atoms with Crippen LogP contribution in [0, 0.1) is 0 Å². The fourth-order valence-corrected chi connectivity index (χ4v) is 1.94. The van der Waals surface area contributed by atoms with Gasteiger partial charge in [-0.1, -0.05) is 0 Å². The second kappa shape index (κ2) is 8.47. The van der Waals surface area contributed by atoms with Crippen LogP contribution in [-0.4, -0.2) is 42.4 Å². The van der Waals surface area contributed by atoms with E-state index in [1.54, 1.807) is 69.0 Å². The predicted molar refractivity (Wildman–Crippen MR) is 92.5 cm³/mol. The lowest BCUT2D eigenvalue weighted by Crippen LogP contribution is -2.33. The van der Waals surface area contributed by atoms with Crippen molar-refractivity contribution in [3.05, 3.63) is 60.4 Å². The van der Waals surface area contributed by atoms with Crippen molar-refractivity contribution in [3.8, 4) is 5.75 Å². The number of hydrogen-bond donors (Lipinski definition) is 1. The Labute approximate surface area is 140 Å². The molecule has 1 aromatic carbocycles. The van der Waals surface area contributed by atoms with E-state index in [-0.39, 0.29) is 18.4 Å². The topological polar surface area (TPSA) is 71.5 Å². The summed E-state index contributed by atoms with van der Waals surface area (Å²) < 4.78 is 5.06. The zero-order chi connectivity index (χ0) is 17.4. The molecule has 0 aliphatic rings. The van der Waals surface area contributed by atoms with E-state index in [9.17, 15) is 9.59 Å². The molecule has 6 nitrogen and oxygen atoms in total. The van der Waals surface area contributed by atoms with Gasteiger partial charge in [-0.05, 0) is 48.0 Å². The van der Waals surface area contributed by atoms with Crippen LogP contribution in [0.4, 0.5) is 5.69 Å². The molecule has 0 radical (unpaired) electrons. The fourth-order valence-electron chi connectivity index (χ4n) is 1.94. The summed E-state index contributed by atoms with van der Waals surface area (Å²) in [6.45, 7) is -0.0362. The lowest BCUT2D eigenvalue weighted by molar-refractivity contribution is -0.129. The Hall–Kier alpha value is -3.15. The molecule has 0 saturated heterocycles. The molecule has 6 heteroatoms. The predicted octanol–water partition coefficient (Wildman–Crippen LogP) is 2.20. The van der Waals surface area contributed by atoms with Crippen molar-refractivity contribution in [2.24, 2.45) is 0 Å². The Morgan fingerprint density at radius 2 is 1.83 bits per heavy atom. The standard InChI is InChI=1S/C18H19N3O3/c1-21(18(23)8-3-14-9-11-19-12-10-14)13-17(22)20-15-4-6-16(24-2)7-5-15/h3-12H,13H2,1-2H3,(H,20,22)/b8-3+. The number of nitrogens with one attached hydrogen (secondary N) is 1. The first-order valence-electron chi connectivity index (χ1n) is 7.35. The molecule has 124 valence electrons. The highest BCUT2D eigenvalue weighted by Crippen LogP contribution is 2.14. The summed E-state index contributed by atoms with van der Waals surface area (Å²) in [5.74, 6) is 0.187. The van der Waals surface area contributed by atoms with Crippen LogP contribution < -0.4 is 10.1 Å². The first-order chi connectivity index (χ1) is 11.6. The van der Waals surface area contributed by atoms with Crippen LogP contribution in [0.2, 0.25) is 0 Å². The molecule has 0 aliphatic heterocycles. The van der Waals surface area contributed by atoms with Gasteiger partial charge in [-0.2, -0.15) is 0 Å². The number of anilines is 1. The highest BCUT2D eigenvalue weighted by atomic mass is 16.5. The van der Waals surface area contributed by atoms with Gasteiger partial charge in [0.2, 0.25) is 11.8 Å². The Bertz CT molecular complexity index is 712. The van der Waals surface area contributed by atoms with E-state index < -0.39 is 0 Å². The molecular weight excluding hydrogens is 306 g/mol. The van der Waals surface area contributed by atoms with Crippen molar-refractivity contribution in [1.82, 2.24) is 9.88 Å². The number of carbonyl (C=O) groups is 2. The molecule has 1 aromatic heterocycles. The highest BCUT2D eigenvalue weighted by Gasteiger charge is 2.10. The van der Waals surface area contributed by atoms with E-state index in [0.717, 1.165) is 5.56 Å². The minimum Gasteiger partial charge on any atom is -0.497 e. The second-order valence-electron chi connectivity index (χ2n) is 5.08. The SMILES string of the molecule is COc1ccc(NC(=O)CN(C)C(=O)/C=C/c2ccncc2)cc1. The molecule has 0 unspecified atom stereocenters. The lowest BCUT2D eigenvalue weighted by Gasteiger charge is -2.15. The Balaban J connectivity index is 1.86. The van der Waals surface area contributed by atoms with Crippen molar-refractivity contribution in [3.63, 3.8) is 0 Å². The summed E-state index contributed by atoms with van der Waals surface area (Å²) in [6, 6.07) is 10.6. The van der Waals surface area contributed by atoms with E-state index in [1.807, 2.05) is 0 Å². The van der Waals surface area contributed by atoms with E-state index >= 15 is 0 Å². The Kier molecular flexibility index (Phi) is 6.08. The minimum atomic E-state index is -0.270. The molecule has 2 amide bonds. The van der Waals surface area contributed by atoms with Gasteiger partial charge < -0.3 is 15.0 Å². The maximum Gasteiger partial charge on any atom is 0.246 e. The smallest absolute Gasteiger partial charge is 0.246 e. The van der Waals surface area contributed by atoms with E-state index in [1.165, 1.54) is 11.0 Å². The van der Waals surface area contributed by atoms with Crippen molar-refractivity contribution in [2.75, 3.05) is 26.0 Å². The van der Waals surface area contributed by atoms with Gasteiger partial charge >= 0.3 is 0 Å². The molecule has 0 bridgehead atoms. The van der Waals surface area contributed by atoms with Crippen LogP contribution in [0.15, 0.2) is 54.9 Å². The van der Waals surface area contributed by atoms with Crippen LogP contribution in [0.5, 0.6) is 5.75 Å². The highest BCUT2D eigenvalue weighted by molar-refractivity contribution is 5.97. The number of pyridine rings is 1. The quantitative estimate of drug-likeness (QED) is 0.827. The van der Waals surface area contributed by atoms with Gasteiger partial charge in [0.25, 0.3) is 0 Å². The average Bonchev–Trinajstić information content (AvgIpc) is 2.61. The monoisotopic (exact) mass is 325 g/mol. The summed E-state index contributed by atoms with van der Waals surface area (Å²) in [7, 11) is 3.15. The Morgan fingerprint density at radius 3 is 2.46 bits per heavy atom. The number of nitrogens with zero attached hydrogens (tertiary/aromatic N) is 2. The van der Waals surface area contributed by atoms with E-state index in [0.29, 0.717) is 11.4 Å². The maximum absolute atomic E-state index is 12.0. The summed E-state index contributed by atoms with van der Waals surface area (Å²) in [5, 5.41) is 2.73. The van der Waals surface area contributed by atoms with Gasteiger partial charge in [0.05, 0.1) is 13.7 Å². The summed E-state index contributed by atoms with van der Waals surface area (Å²) in [4.78, 5) is 29.3. The third-order valence-electron chi connectivity index (χ3n) is 3.26. The molecule has 0 spiro atoms. The van der Waals surface area contributed by atoms with Gasteiger partial charge in [0, 0.05) is 31.2 Å². The molecule has 1 N–H and O–H groups in total. The summed E-state index contributed by atoms with van der Waals surface area (Å²) in [6.07, 6.45) is 6.41. The number of methoxy groups -OCH3 is 1. The molecule has 24 heavy (non-hydrogen) atoms. The first-order valence-corrected chi connectivity index (χ1v) is 7.35. The molecular formula is C18H19N3O3. The second-order valence-corrected chi connectivity index (χ2v) is 5.08. The molecule has 1 heterocycles. The van der Waals surface area contributed by atoms with Crippen molar-refractivity contribution in [1.29, 1.82) is 0 Å². The number of rotatable bonds is 6. The van der Waals surface area contributed by atoms with Gasteiger partial charge in [-0.15, -0.1) is 0 Å². The molecule has 2 rings (SSSR count). The number of ether oxygens (including phenoxy) is 1. The third kappa shape index (κ3) is 5.24. The van der Waals surface area contributed by atoms with Crippen molar-refractivity contribution in [2.45, 2.75) is 0 Å². The molecule has 2 aromatic rings. The number of hydrogen-bond acceptors (Lipinski definition) is 4. The molecule has 0 aliphatic carbocycles. The van der Waals surface area contributed by atoms with Crippen LogP contribution >= 0.6 is 0 Å². The fraction of sp³-hybridized carbons (Fsp3) is 0.167. The van der Waals surface area contributed by atoms with Gasteiger partial charge in [-0.3, -0.25) is 14.6 Å². The average molecular weight is 325 g/mol. The lowest BCUT2D eigenvalue weighted by atomic mass is 10.2. The normalized spacial score (nSPS) is 10.4.